The molecular formula is C20H20N6O2S2. The van der Waals surface area contributed by atoms with E-state index in [1.807, 2.05) is 45.9 Å². The second-order valence-electron chi connectivity index (χ2n) is 6.87. The number of rotatable bonds is 5. The first kappa shape index (κ1) is 20.2. The van der Waals surface area contributed by atoms with Crippen molar-refractivity contribution in [2.24, 2.45) is 0 Å². The quantitative estimate of drug-likeness (QED) is 0.436. The highest BCUT2D eigenvalue weighted by atomic mass is 32.1. The van der Waals surface area contributed by atoms with Crippen LogP contribution in [0.25, 0.3) is 11.0 Å². The van der Waals surface area contributed by atoms with Crippen LogP contribution in [-0.2, 0) is 6.54 Å². The van der Waals surface area contributed by atoms with Gasteiger partial charge < -0.3 is 10.3 Å². The number of carbonyl (C=O) groups excluding carboxylic acids is 2. The Morgan fingerprint density at radius 1 is 0.933 bits per heavy atom. The molecule has 3 aromatic heterocycles. The number of aromatic nitrogens is 4. The number of anilines is 1. The van der Waals surface area contributed by atoms with Gasteiger partial charge in [-0.3, -0.25) is 14.9 Å². The van der Waals surface area contributed by atoms with Crippen molar-refractivity contribution in [3.8, 4) is 0 Å². The van der Waals surface area contributed by atoms with Gasteiger partial charge in [0.05, 0.1) is 32.4 Å². The van der Waals surface area contributed by atoms with Gasteiger partial charge in [0, 0.05) is 6.54 Å². The van der Waals surface area contributed by atoms with Gasteiger partial charge >= 0.3 is 0 Å². The van der Waals surface area contributed by atoms with Gasteiger partial charge in [0.1, 0.15) is 9.75 Å². The number of hydrogen-bond acceptors (Lipinski definition) is 7. The molecule has 2 amide bonds. The molecule has 154 valence electrons. The lowest BCUT2D eigenvalue weighted by Crippen LogP contribution is -2.22. The molecule has 0 fully saturated rings. The van der Waals surface area contributed by atoms with E-state index in [9.17, 15) is 9.59 Å². The number of carbonyl (C=O) groups is 2. The van der Waals surface area contributed by atoms with Gasteiger partial charge in [-0.25, -0.2) is 15.0 Å². The molecule has 0 spiro atoms. The number of thiazole rings is 2. The van der Waals surface area contributed by atoms with Crippen LogP contribution < -0.4 is 10.6 Å². The summed E-state index contributed by atoms with van der Waals surface area (Å²) in [5.74, 6) is 0.00300. The van der Waals surface area contributed by atoms with E-state index in [1.54, 1.807) is 0 Å². The van der Waals surface area contributed by atoms with Crippen molar-refractivity contribution in [3.05, 3.63) is 54.9 Å². The van der Waals surface area contributed by atoms with Crippen molar-refractivity contribution in [1.82, 2.24) is 25.3 Å². The molecular weight excluding hydrogens is 420 g/mol. The van der Waals surface area contributed by atoms with Gasteiger partial charge in [-0.2, -0.15) is 0 Å². The summed E-state index contributed by atoms with van der Waals surface area (Å²) in [6, 6.07) is 5.66. The Balaban J connectivity index is 1.46. The Hall–Kier alpha value is -3.11. The summed E-state index contributed by atoms with van der Waals surface area (Å²) in [6.07, 6.45) is 0. The second kappa shape index (κ2) is 7.96. The van der Waals surface area contributed by atoms with E-state index in [4.69, 9.17) is 0 Å². The first-order valence-corrected chi connectivity index (χ1v) is 10.9. The minimum atomic E-state index is -0.236. The number of hydrogen-bond donors (Lipinski definition) is 3. The van der Waals surface area contributed by atoms with Crippen molar-refractivity contribution in [1.29, 1.82) is 0 Å². The molecule has 0 saturated heterocycles. The maximum absolute atomic E-state index is 12.5. The van der Waals surface area contributed by atoms with Crippen LogP contribution in [0.4, 0.5) is 5.95 Å². The van der Waals surface area contributed by atoms with Crippen LogP contribution in [0.3, 0.4) is 0 Å². The molecule has 0 saturated carbocycles. The van der Waals surface area contributed by atoms with Crippen molar-refractivity contribution in [2.75, 3.05) is 5.32 Å². The summed E-state index contributed by atoms with van der Waals surface area (Å²) in [6.45, 7) is 7.78. The van der Waals surface area contributed by atoms with Gasteiger partial charge in [-0.15, -0.1) is 22.7 Å². The number of fused-ring (bicyclic) bond motifs is 1. The molecule has 1 aromatic carbocycles. The standard InChI is InChI=1S/C20H20N6O2S2/c1-9-16(29-11(3)22-9)18(27)21-8-13-5-6-14-15(7-13)25-20(24-14)26-19(28)17-10(2)23-12(4)30-17/h5-7H,8H2,1-4H3,(H,21,27)(H2,24,25,26,28). The zero-order valence-corrected chi connectivity index (χ0v) is 18.5. The average molecular weight is 441 g/mol. The predicted octanol–water partition coefficient (Wildman–Crippen LogP) is 3.89. The normalized spacial score (nSPS) is 11.1. The summed E-state index contributed by atoms with van der Waals surface area (Å²) in [7, 11) is 0. The van der Waals surface area contributed by atoms with Crippen molar-refractivity contribution in [2.45, 2.75) is 34.2 Å². The highest BCUT2D eigenvalue weighted by Gasteiger charge is 2.16. The lowest BCUT2D eigenvalue weighted by Gasteiger charge is -2.04. The Bertz CT molecular complexity index is 1270. The second-order valence-corrected chi connectivity index (χ2v) is 9.27. The van der Waals surface area contributed by atoms with E-state index in [0.29, 0.717) is 27.9 Å². The van der Waals surface area contributed by atoms with Gasteiger partial charge in [0.15, 0.2) is 0 Å². The Morgan fingerprint density at radius 2 is 1.57 bits per heavy atom. The fraction of sp³-hybridized carbons (Fsp3) is 0.250. The van der Waals surface area contributed by atoms with Crippen LogP contribution in [0.15, 0.2) is 18.2 Å². The molecule has 8 nitrogen and oxygen atoms in total. The van der Waals surface area contributed by atoms with Gasteiger partial charge in [0.25, 0.3) is 11.8 Å². The van der Waals surface area contributed by atoms with E-state index in [1.165, 1.54) is 22.7 Å². The van der Waals surface area contributed by atoms with E-state index < -0.39 is 0 Å². The maximum atomic E-state index is 12.5. The number of H-pyrrole nitrogens is 1. The molecule has 4 aromatic rings. The minimum Gasteiger partial charge on any atom is -0.347 e. The monoisotopic (exact) mass is 440 g/mol. The predicted molar refractivity (Wildman–Crippen MR) is 118 cm³/mol. The minimum absolute atomic E-state index is 0.133. The molecule has 0 bridgehead atoms. The molecule has 0 aliphatic rings. The third-order valence-corrected chi connectivity index (χ3v) is 6.59. The molecule has 0 unspecified atom stereocenters. The number of amides is 2. The molecule has 0 aliphatic heterocycles. The Kier molecular flexibility index (Phi) is 5.35. The number of aromatic amines is 1. The molecule has 3 heterocycles. The zero-order valence-electron chi connectivity index (χ0n) is 16.9. The number of nitrogens with zero attached hydrogens (tertiary/aromatic N) is 3. The highest BCUT2D eigenvalue weighted by molar-refractivity contribution is 7.14. The first-order valence-electron chi connectivity index (χ1n) is 9.26. The highest BCUT2D eigenvalue weighted by Crippen LogP contribution is 2.21. The van der Waals surface area contributed by atoms with Crippen LogP contribution in [-0.4, -0.2) is 31.8 Å². The number of imidazole rings is 1. The van der Waals surface area contributed by atoms with Crippen molar-refractivity contribution >= 4 is 51.5 Å². The summed E-state index contributed by atoms with van der Waals surface area (Å²) in [4.78, 5) is 42.2. The van der Waals surface area contributed by atoms with E-state index in [2.05, 4.69) is 30.6 Å². The molecule has 10 heteroatoms. The SMILES string of the molecule is Cc1nc(C)c(C(=O)NCc2ccc3nc(NC(=O)c4sc(C)nc4C)[nH]c3c2)s1. The Morgan fingerprint density at radius 3 is 2.17 bits per heavy atom. The topological polar surface area (TPSA) is 113 Å². The number of benzene rings is 1. The van der Waals surface area contributed by atoms with Crippen LogP contribution in [0.2, 0.25) is 0 Å². The average Bonchev–Trinajstić information content (AvgIpc) is 3.34. The summed E-state index contributed by atoms with van der Waals surface area (Å²) < 4.78 is 0. The summed E-state index contributed by atoms with van der Waals surface area (Å²) >= 11 is 2.74. The lowest BCUT2D eigenvalue weighted by atomic mass is 10.2. The summed E-state index contributed by atoms with van der Waals surface area (Å²) in [5, 5.41) is 7.43. The first-order chi connectivity index (χ1) is 14.3. The number of nitrogens with one attached hydrogen (secondary N) is 3. The van der Waals surface area contributed by atoms with E-state index in [-0.39, 0.29) is 11.8 Å². The van der Waals surface area contributed by atoms with Crippen LogP contribution >= 0.6 is 22.7 Å². The van der Waals surface area contributed by atoms with Crippen LogP contribution in [0.1, 0.15) is 46.3 Å². The van der Waals surface area contributed by atoms with Crippen LogP contribution in [0, 0.1) is 27.7 Å². The maximum Gasteiger partial charge on any atom is 0.269 e. The van der Waals surface area contributed by atoms with Gasteiger partial charge in [0.2, 0.25) is 5.95 Å². The van der Waals surface area contributed by atoms with Gasteiger partial charge in [-0.05, 0) is 45.4 Å². The van der Waals surface area contributed by atoms with E-state index >= 15 is 0 Å². The third kappa shape index (κ3) is 4.10. The molecule has 4 rings (SSSR count). The van der Waals surface area contributed by atoms with Crippen molar-refractivity contribution in [3.63, 3.8) is 0 Å². The fourth-order valence-electron chi connectivity index (χ4n) is 3.14. The molecule has 3 N–H and O–H groups in total. The van der Waals surface area contributed by atoms with E-state index in [0.717, 1.165) is 32.3 Å². The number of aryl methyl sites for hydroxylation is 4. The van der Waals surface area contributed by atoms with Gasteiger partial charge in [-0.1, -0.05) is 6.07 Å². The third-order valence-electron chi connectivity index (χ3n) is 4.45. The fourth-order valence-corrected chi connectivity index (χ4v) is 4.79. The van der Waals surface area contributed by atoms with Crippen LogP contribution in [0.5, 0.6) is 0 Å². The molecule has 30 heavy (non-hydrogen) atoms. The molecule has 0 atom stereocenters. The summed E-state index contributed by atoms with van der Waals surface area (Å²) in [5.41, 5.74) is 3.87. The largest absolute Gasteiger partial charge is 0.347 e. The molecule has 0 aliphatic carbocycles. The zero-order chi connectivity index (χ0) is 21.4. The lowest BCUT2D eigenvalue weighted by molar-refractivity contribution is 0.0953. The van der Waals surface area contributed by atoms with Crippen molar-refractivity contribution < 1.29 is 9.59 Å². The Labute approximate surface area is 180 Å². The smallest absolute Gasteiger partial charge is 0.269 e. The molecule has 0 radical (unpaired) electrons.